The van der Waals surface area contributed by atoms with E-state index in [0.717, 1.165) is 18.6 Å². The maximum absolute atomic E-state index is 4.55. The largest absolute Gasteiger partial charge is 0.318 e. The van der Waals surface area contributed by atoms with Gasteiger partial charge in [-0.2, -0.15) is 0 Å². The SMILES string of the molecule is CNCC1CCCN1Cc1cnc2ccccc2c1. The topological polar surface area (TPSA) is 28.2 Å². The minimum absolute atomic E-state index is 0.677. The molecule has 1 aromatic carbocycles. The molecule has 0 amide bonds. The molecule has 0 aliphatic carbocycles. The zero-order valence-electron chi connectivity index (χ0n) is 11.5. The molecule has 1 saturated heterocycles. The van der Waals surface area contributed by atoms with E-state index in [-0.39, 0.29) is 0 Å². The van der Waals surface area contributed by atoms with Crippen LogP contribution in [0.2, 0.25) is 0 Å². The first kappa shape index (κ1) is 12.6. The summed E-state index contributed by atoms with van der Waals surface area (Å²) >= 11 is 0. The second-order valence-electron chi connectivity index (χ2n) is 5.36. The van der Waals surface area contributed by atoms with Crippen LogP contribution in [0, 0.1) is 0 Å². The molecule has 1 aromatic heterocycles. The Morgan fingerprint density at radius 1 is 1.37 bits per heavy atom. The minimum Gasteiger partial charge on any atom is -0.318 e. The molecule has 2 aromatic rings. The van der Waals surface area contributed by atoms with Crippen LogP contribution in [0.15, 0.2) is 36.5 Å². The molecule has 1 atom stereocenters. The highest BCUT2D eigenvalue weighted by Gasteiger charge is 2.23. The molecular weight excluding hydrogens is 234 g/mol. The van der Waals surface area contributed by atoms with E-state index in [0.29, 0.717) is 6.04 Å². The van der Waals surface area contributed by atoms with E-state index < -0.39 is 0 Å². The Labute approximate surface area is 114 Å². The highest BCUT2D eigenvalue weighted by Crippen LogP contribution is 2.21. The highest BCUT2D eigenvalue weighted by molar-refractivity contribution is 5.78. The van der Waals surface area contributed by atoms with Gasteiger partial charge in [0.2, 0.25) is 0 Å². The van der Waals surface area contributed by atoms with Gasteiger partial charge in [0.15, 0.2) is 0 Å². The summed E-state index contributed by atoms with van der Waals surface area (Å²) in [6, 6.07) is 11.3. The number of para-hydroxylation sites is 1. The van der Waals surface area contributed by atoms with Gasteiger partial charge in [0.1, 0.15) is 0 Å². The first-order valence-electron chi connectivity index (χ1n) is 7.09. The van der Waals surface area contributed by atoms with Crippen LogP contribution in [0.4, 0.5) is 0 Å². The van der Waals surface area contributed by atoms with Gasteiger partial charge in [-0.3, -0.25) is 9.88 Å². The van der Waals surface area contributed by atoms with E-state index in [9.17, 15) is 0 Å². The fraction of sp³-hybridized carbons (Fsp3) is 0.438. The number of pyridine rings is 1. The Balaban J connectivity index is 1.77. The number of likely N-dealkylation sites (tertiary alicyclic amines) is 1. The number of aromatic nitrogens is 1. The number of likely N-dealkylation sites (N-methyl/N-ethyl adjacent to an activating group) is 1. The van der Waals surface area contributed by atoms with Crippen molar-refractivity contribution in [3.05, 3.63) is 42.1 Å². The van der Waals surface area contributed by atoms with Gasteiger partial charge < -0.3 is 5.32 Å². The first-order chi connectivity index (χ1) is 9.36. The summed E-state index contributed by atoms with van der Waals surface area (Å²) in [5.41, 5.74) is 2.40. The summed E-state index contributed by atoms with van der Waals surface area (Å²) in [6.45, 7) is 3.31. The zero-order chi connectivity index (χ0) is 13.1. The standard InChI is InChI=1S/C16H21N3/c1-17-11-15-6-4-8-19(15)12-13-9-14-5-2-3-7-16(14)18-10-13/h2-3,5,7,9-10,15,17H,4,6,8,11-12H2,1H3. The molecule has 1 aliphatic heterocycles. The van der Waals surface area contributed by atoms with Crippen LogP contribution >= 0.6 is 0 Å². The summed E-state index contributed by atoms with van der Waals surface area (Å²) in [5, 5.41) is 4.54. The van der Waals surface area contributed by atoms with Crippen LogP contribution in [-0.4, -0.2) is 36.1 Å². The van der Waals surface area contributed by atoms with E-state index in [1.165, 1.54) is 30.3 Å². The molecule has 0 saturated carbocycles. The van der Waals surface area contributed by atoms with Gasteiger partial charge in [0, 0.05) is 30.7 Å². The van der Waals surface area contributed by atoms with Crippen LogP contribution in [0.3, 0.4) is 0 Å². The number of benzene rings is 1. The van der Waals surface area contributed by atoms with E-state index >= 15 is 0 Å². The molecule has 0 bridgehead atoms. The maximum Gasteiger partial charge on any atom is 0.0702 e. The van der Waals surface area contributed by atoms with Crippen LogP contribution in [0.5, 0.6) is 0 Å². The summed E-state index contributed by atoms with van der Waals surface area (Å²) in [4.78, 5) is 7.12. The third-order valence-electron chi connectivity index (χ3n) is 3.97. The molecule has 1 unspecified atom stereocenters. The molecule has 1 aliphatic rings. The van der Waals surface area contributed by atoms with Crippen molar-refractivity contribution in [3.8, 4) is 0 Å². The van der Waals surface area contributed by atoms with Gasteiger partial charge in [0.25, 0.3) is 0 Å². The van der Waals surface area contributed by atoms with Crippen LogP contribution < -0.4 is 5.32 Å². The van der Waals surface area contributed by atoms with Crippen molar-refractivity contribution in [2.24, 2.45) is 0 Å². The Morgan fingerprint density at radius 2 is 2.26 bits per heavy atom. The Hall–Kier alpha value is -1.45. The third-order valence-corrected chi connectivity index (χ3v) is 3.97. The van der Waals surface area contributed by atoms with Crippen molar-refractivity contribution in [2.75, 3.05) is 20.1 Å². The quantitative estimate of drug-likeness (QED) is 0.909. The monoisotopic (exact) mass is 255 g/mol. The number of hydrogen-bond acceptors (Lipinski definition) is 3. The fourth-order valence-corrected chi connectivity index (χ4v) is 3.01. The van der Waals surface area contributed by atoms with E-state index in [1.807, 2.05) is 19.3 Å². The summed E-state index contributed by atoms with van der Waals surface area (Å²) in [7, 11) is 2.04. The Kier molecular flexibility index (Phi) is 3.76. The van der Waals surface area contributed by atoms with Gasteiger partial charge in [-0.1, -0.05) is 18.2 Å². The zero-order valence-corrected chi connectivity index (χ0v) is 11.5. The minimum atomic E-state index is 0.677. The van der Waals surface area contributed by atoms with Crippen LogP contribution in [-0.2, 0) is 6.54 Å². The first-order valence-corrected chi connectivity index (χ1v) is 7.09. The smallest absolute Gasteiger partial charge is 0.0702 e. The van der Waals surface area contributed by atoms with Crippen molar-refractivity contribution in [1.82, 2.24) is 15.2 Å². The molecule has 2 heterocycles. The second kappa shape index (κ2) is 5.68. The maximum atomic E-state index is 4.55. The number of hydrogen-bond donors (Lipinski definition) is 1. The van der Waals surface area contributed by atoms with E-state index in [2.05, 4.69) is 39.5 Å². The highest BCUT2D eigenvalue weighted by atomic mass is 15.2. The molecule has 100 valence electrons. The summed E-state index contributed by atoms with van der Waals surface area (Å²) in [5.74, 6) is 0. The van der Waals surface area contributed by atoms with E-state index in [1.54, 1.807) is 0 Å². The molecule has 0 radical (unpaired) electrons. The average molecular weight is 255 g/mol. The predicted molar refractivity (Wildman–Crippen MR) is 79.1 cm³/mol. The van der Waals surface area contributed by atoms with Crippen molar-refractivity contribution in [1.29, 1.82) is 0 Å². The van der Waals surface area contributed by atoms with Crippen LogP contribution in [0.25, 0.3) is 10.9 Å². The molecule has 1 fully saturated rings. The van der Waals surface area contributed by atoms with E-state index in [4.69, 9.17) is 0 Å². The summed E-state index contributed by atoms with van der Waals surface area (Å²) in [6.07, 6.45) is 4.65. The lowest BCUT2D eigenvalue weighted by Gasteiger charge is -2.24. The van der Waals surface area contributed by atoms with Crippen LogP contribution in [0.1, 0.15) is 18.4 Å². The normalized spacial score (nSPS) is 20.2. The lowest BCUT2D eigenvalue weighted by Crippen LogP contribution is -2.36. The fourth-order valence-electron chi connectivity index (χ4n) is 3.01. The van der Waals surface area contributed by atoms with Crippen molar-refractivity contribution < 1.29 is 0 Å². The second-order valence-corrected chi connectivity index (χ2v) is 5.36. The van der Waals surface area contributed by atoms with Gasteiger partial charge >= 0.3 is 0 Å². The summed E-state index contributed by atoms with van der Waals surface area (Å²) < 4.78 is 0. The molecule has 3 heteroatoms. The molecule has 19 heavy (non-hydrogen) atoms. The van der Waals surface area contributed by atoms with Gasteiger partial charge in [0.05, 0.1) is 5.52 Å². The molecule has 0 spiro atoms. The predicted octanol–water partition coefficient (Wildman–Crippen LogP) is 2.42. The molecule has 1 N–H and O–H groups in total. The Bertz CT molecular complexity index is 552. The van der Waals surface area contributed by atoms with Gasteiger partial charge in [-0.15, -0.1) is 0 Å². The number of nitrogens with one attached hydrogen (secondary N) is 1. The Morgan fingerprint density at radius 3 is 3.16 bits per heavy atom. The number of nitrogens with zero attached hydrogens (tertiary/aromatic N) is 2. The molecular formula is C16H21N3. The lowest BCUT2D eigenvalue weighted by atomic mass is 10.1. The number of fused-ring (bicyclic) bond motifs is 1. The van der Waals surface area contributed by atoms with Gasteiger partial charge in [-0.05, 0) is 44.1 Å². The average Bonchev–Trinajstić information content (AvgIpc) is 2.86. The number of rotatable bonds is 4. The van der Waals surface area contributed by atoms with Gasteiger partial charge in [-0.25, -0.2) is 0 Å². The van der Waals surface area contributed by atoms with Crippen molar-refractivity contribution in [2.45, 2.75) is 25.4 Å². The van der Waals surface area contributed by atoms with Crippen molar-refractivity contribution >= 4 is 10.9 Å². The lowest BCUT2D eigenvalue weighted by molar-refractivity contribution is 0.242. The molecule has 3 rings (SSSR count). The molecule has 3 nitrogen and oxygen atoms in total. The third kappa shape index (κ3) is 2.77. The van der Waals surface area contributed by atoms with Crippen molar-refractivity contribution in [3.63, 3.8) is 0 Å².